The number of rotatable bonds is 3. The Hall–Kier alpha value is -0.190. The van der Waals surface area contributed by atoms with Gasteiger partial charge in [0, 0.05) is 32.8 Å². The summed E-state index contributed by atoms with van der Waals surface area (Å²) in [5, 5.41) is 7.29. The van der Waals surface area contributed by atoms with Gasteiger partial charge in [0.2, 0.25) is 0 Å². The molecule has 0 spiro atoms. The molecule has 0 radical (unpaired) electrons. The van der Waals surface area contributed by atoms with E-state index in [2.05, 4.69) is 28.2 Å². The predicted octanol–water partition coefficient (Wildman–Crippen LogP) is 3.47. The number of carbonyl (C=O) groups excluding carboxylic acids is 1. The summed E-state index contributed by atoms with van der Waals surface area (Å²) in [6, 6.07) is 0. The summed E-state index contributed by atoms with van der Waals surface area (Å²) in [5.41, 5.74) is 0.678. The maximum absolute atomic E-state index is 12.6. The standard InChI is InChI=1S/C12H16BrNOS/c1-2-12(4-3-5-14-8-12)11(15)9-6-16-7-10(9)13/h6-7,14H,2-5,8H2,1H3. The van der Waals surface area contributed by atoms with Crippen LogP contribution in [0.1, 0.15) is 36.5 Å². The van der Waals surface area contributed by atoms with E-state index in [-0.39, 0.29) is 5.41 Å². The van der Waals surface area contributed by atoms with Gasteiger partial charge in [-0.25, -0.2) is 0 Å². The third-order valence-corrected chi connectivity index (χ3v) is 5.19. The minimum absolute atomic E-state index is 0.179. The molecule has 88 valence electrons. The number of nitrogens with one attached hydrogen (secondary N) is 1. The molecule has 2 nitrogen and oxygen atoms in total. The Morgan fingerprint density at radius 1 is 1.62 bits per heavy atom. The van der Waals surface area contributed by atoms with E-state index in [0.717, 1.165) is 42.4 Å². The van der Waals surface area contributed by atoms with Crippen LogP contribution in [0.15, 0.2) is 15.2 Å². The fourth-order valence-electron chi connectivity index (χ4n) is 2.35. The normalized spacial score (nSPS) is 25.6. The monoisotopic (exact) mass is 301 g/mol. The van der Waals surface area contributed by atoms with Crippen LogP contribution in [0.2, 0.25) is 0 Å². The minimum atomic E-state index is -0.179. The summed E-state index contributed by atoms with van der Waals surface area (Å²) in [6.07, 6.45) is 3.03. The van der Waals surface area contributed by atoms with Crippen molar-refractivity contribution < 1.29 is 4.79 Å². The van der Waals surface area contributed by atoms with Crippen LogP contribution in [0.3, 0.4) is 0 Å². The Morgan fingerprint density at radius 3 is 2.94 bits per heavy atom. The molecule has 0 amide bonds. The second-order valence-electron chi connectivity index (χ2n) is 4.38. The van der Waals surface area contributed by atoms with E-state index in [0.29, 0.717) is 5.78 Å². The highest BCUT2D eigenvalue weighted by Crippen LogP contribution is 2.36. The molecule has 1 unspecified atom stereocenters. The van der Waals surface area contributed by atoms with Gasteiger partial charge < -0.3 is 5.32 Å². The Bertz CT molecular complexity index is 382. The molecule has 1 atom stereocenters. The van der Waals surface area contributed by atoms with E-state index in [9.17, 15) is 4.79 Å². The van der Waals surface area contributed by atoms with Crippen LogP contribution in [0.5, 0.6) is 0 Å². The molecule has 1 N–H and O–H groups in total. The molecule has 1 aromatic heterocycles. The van der Waals surface area contributed by atoms with E-state index in [4.69, 9.17) is 0 Å². The van der Waals surface area contributed by atoms with Crippen molar-refractivity contribution in [2.45, 2.75) is 26.2 Å². The summed E-state index contributed by atoms with van der Waals surface area (Å²) in [4.78, 5) is 12.6. The number of carbonyl (C=O) groups is 1. The molecule has 0 saturated carbocycles. The highest BCUT2D eigenvalue weighted by atomic mass is 79.9. The number of piperidine rings is 1. The lowest BCUT2D eigenvalue weighted by atomic mass is 9.73. The highest BCUT2D eigenvalue weighted by Gasteiger charge is 2.39. The summed E-state index contributed by atoms with van der Waals surface area (Å²) >= 11 is 5.04. The average molecular weight is 302 g/mol. The maximum Gasteiger partial charge on any atom is 0.172 e. The molecule has 2 heterocycles. The van der Waals surface area contributed by atoms with Gasteiger partial charge in [-0.15, -0.1) is 0 Å². The average Bonchev–Trinajstić information content (AvgIpc) is 2.75. The lowest BCUT2D eigenvalue weighted by Gasteiger charge is -2.35. The maximum atomic E-state index is 12.6. The van der Waals surface area contributed by atoms with Crippen molar-refractivity contribution in [3.05, 3.63) is 20.8 Å². The lowest BCUT2D eigenvalue weighted by molar-refractivity contribution is 0.0730. The van der Waals surface area contributed by atoms with E-state index in [1.807, 2.05) is 10.8 Å². The van der Waals surface area contributed by atoms with E-state index in [1.165, 1.54) is 0 Å². The van der Waals surface area contributed by atoms with Crippen molar-refractivity contribution in [3.8, 4) is 0 Å². The summed E-state index contributed by atoms with van der Waals surface area (Å²) in [5.74, 6) is 0.301. The topological polar surface area (TPSA) is 29.1 Å². The molecule has 1 aliphatic heterocycles. The molecule has 0 aromatic carbocycles. The van der Waals surface area contributed by atoms with Gasteiger partial charge in [-0.3, -0.25) is 4.79 Å². The summed E-state index contributed by atoms with van der Waals surface area (Å²) in [6.45, 7) is 3.98. The van der Waals surface area contributed by atoms with Gasteiger partial charge in [0.25, 0.3) is 0 Å². The number of ketones is 1. The molecule has 4 heteroatoms. The third-order valence-electron chi connectivity index (χ3n) is 3.49. The quantitative estimate of drug-likeness (QED) is 0.866. The Balaban J connectivity index is 2.28. The van der Waals surface area contributed by atoms with Crippen molar-refractivity contribution >= 4 is 33.0 Å². The van der Waals surface area contributed by atoms with Gasteiger partial charge in [-0.05, 0) is 41.7 Å². The molecule has 1 aromatic rings. The van der Waals surface area contributed by atoms with Crippen LogP contribution in [0, 0.1) is 5.41 Å². The first kappa shape index (κ1) is 12.3. The van der Waals surface area contributed by atoms with Crippen LogP contribution < -0.4 is 5.32 Å². The molecule has 0 aliphatic carbocycles. The van der Waals surface area contributed by atoms with Gasteiger partial charge >= 0.3 is 0 Å². The highest BCUT2D eigenvalue weighted by molar-refractivity contribution is 9.10. The third kappa shape index (κ3) is 2.11. The molecule has 1 fully saturated rings. The molecule has 0 bridgehead atoms. The number of halogens is 1. The minimum Gasteiger partial charge on any atom is -0.316 e. The number of thiophene rings is 1. The Morgan fingerprint density at radius 2 is 2.44 bits per heavy atom. The first-order chi connectivity index (χ1) is 7.69. The van der Waals surface area contributed by atoms with Gasteiger partial charge in [0.05, 0.1) is 0 Å². The summed E-state index contributed by atoms with van der Waals surface area (Å²) in [7, 11) is 0. The SMILES string of the molecule is CCC1(C(=O)c2cscc2Br)CCCNC1. The Kier molecular flexibility index (Phi) is 3.82. The molecular formula is C12H16BrNOS. The summed E-state index contributed by atoms with van der Waals surface area (Å²) < 4.78 is 0.945. The second-order valence-corrected chi connectivity index (χ2v) is 5.97. The zero-order chi connectivity index (χ0) is 11.6. The van der Waals surface area contributed by atoms with Crippen LogP contribution in [-0.4, -0.2) is 18.9 Å². The predicted molar refractivity (Wildman–Crippen MR) is 71.2 cm³/mol. The molecule has 1 aliphatic rings. The Labute approximate surface area is 109 Å². The van der Waals surface area contributed by atoms with Crippen LogP contribution >= 0.6 is 27.3 Å². The van der Waals surface area contributed by atoms with Gasteiger partial charge in [0.1, 0.15) is 0 Å². The second kappa shape index (κ2) is 4.98. The van der Waals surface area contributed by atoms with Gasteiger partial charge in [0.15, 0.2) is 5.78 Å². The van der Waals surface area contributed by atoms with Crippen molar-refractivity contribution in [2.24, 2.45) is 5.41 Å². The van der Waals surface area contributed by atoms with Gasteiger partial charge in [-0.2, -0.15) is 11.3 Å². The van der Waals surface area contributed by atoms with E-state index < -0.39 is 0 Å². The van der Waals surface area contributed by atoms with E-state index in [1.54, 1.807) is 11.3 Å². The lowest BCUT2D eigenvalue weighted by Crippen LogP contribution is -2.45. The van der Waals surface area contributed by atoms with Crippen molar-refractivity contribution in [1.82, 2.24) is 5.32 Å². The molecular weight excluding hydrogens is 286 g/mol. The molecule has 16 heavy (non-hydrogen) atoms. The van der Waals surface area contributed by atoms with Crippen molar-refractivity contribution in [3.63, 3.8) is 0 Å². The molecule has 1 saturated heterocycles. The zero-order valence-electron chi connectivity index (χ0n) is 9.38. The first-order valence-corrected chi connectivity index (χ1v) is 7.40. The van der Waals surface area contributed by atoms with Crippen LogP contribution in [0.25, 0.3) is 0 Å². The van der Waals surface area contributed by atoms with Crippen molar-refractivity contribution in [2.75, 3.05) is 13.1 Å². The fraction of sp³-hybridized carbons (Fsp3) is 0.583. The number of hydrogen-bond acceptors (Lipinski definition) is 3. The van der Waals surface area contributed by atoms with Crippen LogP contribution in [0.4, 0.5) is 0 Å². The number of hydrogen-bond donors (Lipinski definition) is 1. The van der Waals surface area contributed by atoms with Gasteiger partial charge in [-0.1, -0.05) is 6.92 Å². The van der Waals surface area contributed by atoms with Crippen LogP contribution in [-0.2, 0) is 0 Å². The zero-order valence-corrected chi connectivity index (χ0v) is 11.8. The molecule has 2 rings (SSSR count). The fourth-order valence-corrected chi connectivity index (χ4v) is 3.81. The number of Topliss-reactive ketones (excluding diaryl/α,β-unsaturated/α-hetero) is 1. The van der Waals surface area contributed by atoms with Crippen molar-refractivity contribution in [1.29, 1.82) is 0 Å². The first-order valence-electron chi connectivity index (χ1n) is 5.67. The smallest absolute Gasteiger partial charge is 0.172 e. The largest absolute Gasteiger partial charge is 0.316 e. The van der Waals surface area contributed by atoms with E-state index >= 15 is 0 Å².